The number of hydrogen-bond acceptors (Lipinski definition) is 3. The van der Waals surface area contributed by atoms with Gasteiger partial charge in [0.15, 0.2) is 0 Å². The van der Waals surface area contributed by atoms with Crippen molar-refractivity contribution in [2.75, 3.05) is 13.2 Å². The number of carbonyl (C=O) groups is 1. The maximum atomic E-state index is 11.6. The monoisotopic (exact) mass is 468 g/mol. The summed E-state index contributed by atoms with van der Waals surface area (Å²) >= 11 is 0. The highest BCUT2D eigenvalue weighted by Crippen LogP contribution is 2.14. The van der Waals surface area contributed by atoms with Gasteiger partial charge < -0.3 is 9.47 Å². The van der Waals surface area contributed by atoms with Gasteiger partial charge in [0.1, 0.15) is 0 Å². The number of rotatable bonds is 27. The van der Waals surface area contributed by atoms with E-state index < -0.39 is 6.16 Å². The van der Waals surface area contributed by atoms with Gasteiger partial charge in [-0.1, -0.05) is 162 Å². The molecule has 0 aromatic rings. The van der Waals surface area contributed by atoms with E-state index in [1.807, 2.05) is 0 Å². The van der Waals surface area contributed by atoms with Crippen molar-refractivity contribution in [3.05, 3.63) is 0 Å². The van der Waals surface area contributed by atoms with Gasteiger partial charge in [0.05, 0.1) is 13.2 Å². The lowest BCUT2D eigenvalue weighted by Gasteiger charge is -2.07. The van der Waals surface area contributed by atoms with Crippen LogP contribution >= 0.6 is 0 Å². The van der Waals surface area contributed by atoms with Crippen molar-refractivity contribution in [1.29, 1.82) is 0 Å². The molecule has 0 amide bonds. The molecule has 0 rings (SSSR count). The van der Waals surface area contributed by atoms with Crippen molar-refractivity contribution >= 4 is 6.16 Å². The van der Waals surface area contributed by atoms with E-state index in [4.69, 9.17) is 9.47 Å². The van der Waals surface area contributed by atoms with Gasteiger partial charge in [0, 0.05) is 0 Å². The minimum atomic E-state index is -0.476. The van der Waals surface area contributed by atoms with Gasteiger partial charge in [-0.2, -0.15) is 0 Å². The minimum Gasteiger partial charge on any atom is -0.434 e. The summed E-state index contributed by atoms with van der Waals surface area (Å²) in [4.78, 5) is 11.6. The van der Waals surface area contributed by atoms with Crippen molar-refractivity contribution in [3.63, 3.8) is 0 Å². The number of unbranched alkanes of at least 4 members (excludes halogenated alkanes) is 23. The van der Waals surface area contributed by atoms with E-state index in [-0.39, 0.29) is 0 Å². The van der Waals surface area contributed by atoms with Gasteiger partial charge in [0.2, 0.25) is 0 Å². The molecular formula is C30H60O3. The van der Waals surface area contributed by atoms with Crippen molar-refractivity contribution in [1.82, 2.24) is 0 Å². The van der Waals surface area contributed by atoms with E-state index in [1.54, 1.807) is 0 Å². The standard InChI is InChI=1S/C30H60O3/c1-3-5-7-9-11-13-14-15-16-17-18-19-21-23-25-27-29-33-30(31)32-28-26-24-22-20-12-10-8-6-4-2/h3-29H2,1-2H3. The van der Waals surface area contributed by atoms with E-state index in [9.17, 15) is 4.79 Å². The van der Waals surface area contributed by atoms with Crippen LogP contribution in [-0.4, -0.2) is 19.4 Å². The largest absolute Gasteiger partial charge is 0.508 e. The van der Waals surface area contributed by atoms with Crippen LogP contribution < -0.4 is 0 Å². The molecule has 0 aliphatic heterocycles. The first-order valence-electron chi connectivity index (χ1n) is 15.1. The summed E-state index contributed by atoms with van der Waals surface area (Å²) in [6, 6.07) is 0. The SMILES string of the molecule is CCCCCCCCCCCCCCCCCCOC(=O)OCCCCCCCCCCC. The van der Waals surface area contributed by atoms with E-state index in [1.165, 1.54) is 135 Å². The zero-order chi connectivity index (χ0) is 24.1. The molecule has 0 bridgehead atoms. The second kappa shape index (κ2) is 29.3. The van der Waals surface area contributed by atoms with Crippen molar-refractivity contribution in [2.45, 2.75) is 174 Å². The van der Waals surface area contributed by atoms with Crippen LogP contribution in [0.1, 0.15) is 174 Å². The smallest absolute Gasteiger partial charge is 0.434 e. The van der Waals surface area contributed by atoms with Crippen LogP contribution in [0.25, 0.3) is 0 Å². The molecule has 0 aromatic heterocycles. The molecule has 0 unspecified atom stereocenters. The van der Waals surface area contributed by atoms with Gasteiger partial charge in [-0.05, 0) is 12.8 Å². The van der Waals surface area contributed by atoms with Crippen LogP contribution in [0.2, 0.25) is 0 Å². The van der Waals surface area contributed by atoms with Crippen LogP contribution in [-0.2, 0) is 9.47 Å². The van der Waals surface area contributed by atoms with E-state index >= 15 is 0 Å². The highest BCUT2D eigenvalue weighted by molar-refractivity contribution is 5.59. The third-order valence-electron chi connectivity index (χ3n) is 6.69. The molecule has 0 aromatic carbocycles. The second-order valence-electron chi connectivity index (χ2n) is 10.1. The summed E-state index contributed by atoms with van der Waals surface area (Å²) in [5, 5.41) is 0. The second-order valence-corrected chi connectivity index (χ2v) is 10.1. The fourth-order valence-electron chi connectivity index (χ4n) is 4.42. The molecular weight excluding hydrogens is 408 g/mol. The Morgan fingerprint density at radius 1 is 0.364 bits per heavy atom. The predicted molar refractivity (Wildman–Crippen MR) is 144 cm³/mol. The number of ether oxygens (including phenoxy) is 2. The van der Waals surface area contributed by atoms with Crippen LogP contribution in [0, 0.1) is 0 Å². The minimum absolute atomic E-state index is 0.476. The van der Waals surface area contributed by atoms with Crippen LogP contribution in [0.4, 0.5) is 4.79 Å². The molecule has 0 atom stereocenters. The Bertz CT molecular complexity index is 370. The van der Waals surface area contributed by atoms with Crippen molar-refractivity contribution in [3.8, 4) is 0 Å². The van der Waals surface area contributed by atoms with E-state index in [2.05, 4.69) is 13.8 Å². The lowest BCUT2D eigenvalue weighted by Crippen LogP contribution is -2.09. The third kappa shape index (κ3) is 29.2. The van der Waals surface area contributed by atoms with Gasteiger partial charge in [-0.15, -0.1) is 0 Å². The zero-order valence-corrected chi connectivity index (χ0v) is 22.8. The van der Waals surface area contributed by atoms with Crippen LogP contribution in [0.15, 0.2) is 0 Å². The van der Waals surface area contributed by atoms with E-state index in [0.29, 0.717) is 13.2 Å². The molecule has 0 radical (unpaired) electrons. The van der Waals surface area contributed by atoms with Crippen molar-refractivity contribution < 1.29 is 14.3 Å². The molecule has 3 nitrogen and oxygen atoms in total. The Kier molecular flexibility index (Phi) is 28.7. The average molecular weight is 469 g/mol. The maximum absolute atomic E-state index is 11.6. The maximum Gasteiger partial charge on any atom is 0.508 e. The molecule has 0 aliphatic carbocycles. The fraction of sp³-hybridized carbons (Fsp3) is 0.967. The Hall–Kier alpha value is -0.730. The van der Waals surface area contributed by atoms with Crippen LogP contribution in [0.3, 0.4) is 0 Å². The lowest BCUT2D eigenvalue weighted by molar-refractivity contribution is 0.0529. The molecule has 3 heteroatoms. The summed E-state index contributed by atoms with van der Waals surface area (Å²) in [6.45, 7) is 5.56. The topological polar surface area (TPSA) is 35.5 Å². The fourth-order valence-corrected chi connectivity index (χ4v) is 4.42. The first kappa shape index (κ1) is 32.3. The first-order chi connectivity index (χ1) is 16.3. The number of hydrogen-bond donors (Lipinski definition) is 0. The summed E-state index contributed by atoms with van der Waals surface area (Å²) < 4.78 is 10.4. The number of carbonyl (C=O) groups excluding carboxylic acids is 1. The average Bonchev–Trinajstić information content (AvgIpc) is 2.82. The summed E-state index contributed by atoms with van der Waals surface area (Å²) in [7, 11) is 0. The van der Waals surface area contributed by atoms with Crippen molar-refractivity contribution in [2.24, 2.45) is 0 Å². The molecule has 33 heavy (non-hydrogen) atoms. The van der Waals surface area contributed by atoms with Gasteiger partial charge in [-0.25, -0.2) is 4.79 Å². The highest BCUT2D eigenvalue weighted by atomic mass is 16.7. The first-order valence-corrected chi connectivity index (χ1v) is 15.1. The van der Waals surface area contributed by atoms with E-state index in [0.717, 1.165) is 25.7 Å². The Morgan fingerprint density at radius 2 is 0.576 bits per heavy atom. The Morgan fingerprint density at radius 3 is 0.818 bits per heavy atom. The molecule has 0 fully saturated rings. The molecule has 0 saturated heterocycles. The summed E-state index contributed by atoms with van der Waals surface area (Å²) in [5.74, 6) is 0. The Balaban J connectivity index is 3.13. The normalized spacial score (nSPS) is 11.1. The molecule has 198 valence electrons. The summed E-state index contributed by atoms with van der Waals surface area (Å²) in [5.41, 5.74) is 0. The third-order valence-corrected chi connectivity index (χ3v) is 6.69. The zero-order valence-electron chi connectivity index (χ0n) is 22.8. The van der Waals surface area contributed by atoms with Crippen LogP contribution in [0.5, 0.6) is 0 Å². The van der Waals surface area contributed by atoms with Gasteiger partial charge in [-0.3, -0.25) is 0 Å². The predicted octanol–water partition coefficient (Wildman–Crippen LogP) is 10.9. The molecule has 0 heterocycles. The lowest BCUT2D eigenvalue weighted by atomic mass is 10.0. The highest BCUT2D eigenvalue weighted by Gasteiger charge is 2.03. The molecule has 0 saturated carbocycles. The van der Waals surface area contributed by atoms with Gasteiger partial charge in [0.25, 0.3) is 0 Å². The molecule has 0 aliphatic rings. The van der Waals surface area contributed by atoms with Gasteiger partial charge >= 0.3 is 6.16 Å². The summed E-state index contributed by atoms with van der Waals surface area (Å²) in [6.07, 6.45) is 32.7. The molecule has 0 spiro atoms. The Labute approximate surface area is 208 Å². The quantitative estimate of drug-likeness (QED) is 0.0888. The molecule has 0 N–H and O–H groups in total.